The van der Waals surface area contributed by atoms with Crippen LogP contribution in [0.4, 0.5) is 5.69 Å². The number of tetrazole rings is 1. The minimum Gasteiger partial charge on any atom is -0.392 e. The first-order valence-electron chi connectivity index (χ1n) is 7.09. The predicted molar refractivity (Wildman–Crippen MR) is 80.0 cm³/mol. The first kappa shape index (κ1) is 14.9. The molecule has 0 amide bonds. The van der Waals surface area contributed by atoms with Crippen molar-refractivity contribution in [3.05, 3.63) is 30.6 Å². The van der Waals surface area contributed by atoms with E-state index in [9.17, 15) is 13.5 Å². The van der Waals surface area contributed by atoms with Crippen LogP contribution < -0.4 is 4.72 Å². The Bertz CT molecular complexity index is 715. The highest BCUT2D eigenvalue weighted by Gasteiger charge is 2.34. The fourth-order valence-electron chi connectivity index (χ4n) is 2.64. The smallest absolute Gasteiger partial charge is 0.238 e. The summed E-state index contributed by atoms with van der Waals surface area (Å²) in [5, 5.41) is 20.0. The second kappa shape index (κ2) is 6.01. The van der Waals surface area contributed by atoms with E-state index < -0.39 is 21.4 Å². The van der Waals surface area contributed by atoms with E-state index in [2.05, 4.69) is 20.2 Å². The number of sulfonamides is 1. The van der Waals surface area contributed by atoms with Crippen LogP contribution in [-0.2, 0) is 10.0 Å². The van der Waals surface area contributed by atoms with Crippen LogP contribution >= 0.6 is 0 Å². The largest absolute Gasteiger partial charge is 0.392 e. The van der Waals surface area contributed by atoms with Gasteiger partial charge in [0.2, 0.25) is 10.0 Å². The molecule has 1 heterocycles. The molecule has 1 aliphatic rings. The van der Waals surface area contributed by atoms with Crippen molar-refractivity contribution < 1.29 is 13.5 Å². The summed E-state index contributed by atoms with van der Waals surface area (Å²) in [5.41, 5.74) is 1.18. The van der Waals surface area contributed by atoms with Crippen molar-refractivity contribution in [3.8, 4) is 5.69 Å². The third-order valence-corrected chi connectivity index (χ3v) is 5.67. The van der Waals surface area contributed by atoms with E-state index in [4.69, 9.17) is 0 Å². The van der Waals surface area contributed by atoms with Crippen LogP contribution in [0.25, 0.3) is 5.69 Å². The summed E-state index contributed by atoms with van der Waals surface area (Å²) in [5.74, 6) is 0. The molecule has 0 bridgehead atoms. The van der Waals surface area contributed by atoms with Crippen LogP contribution in [-0.4, -0.2) is 45.1 Å². The molecule has 0 radical (unpaired) electrons. The van der Waals surface area contributed by atoms with Gasteiger partial charge in [0.25, 0.3) is 0 Å². The zero-order valence-corrected chi connectivity index (χ0v) is 12.6. The SMILES string of the molecule is O=S(=O)(Nc1ccc(-n2cnnn2)cc1)[C@H]1CCCC[C@@H]1O. The fourth-order valence-corrected chi connectivity index (χ4v) is 4.28. The number of aliphatic hydroxyl groups is 1. The average molecular weight is 323 g/mol. The van der Waals surface area contributed by atoms with Gasteiger partial charge in [-0.1, -0.05) is 12.8 Å². The molecule has 1 saturated carbocycles. The van der Waals surface area contributed by atoms with Crippen LogP contribution in [0.3, 0.4) is 0 Å². The number of benzene rings is 1. The number of anilines is 1. The van der Waals surface area contributed by atoms with E-state index in [0.29, 0.717) is 18.5 Å². The minimum atomic E-state index is -3.60. The predicted octanol–water partition coefficient (Wildman–Crippen LogP) is 0.707. The Labute approximate surface area is 128 Å². The highest BCUT2D eigenvalue weighted by molar-refractivity contribution is 7.93. The molecule has 0 aliphatic heterocycles. The number of rotatable bonds is 4. The minimum absolute atomic E-state index is 0.453. The van der Waals surface area contributed by atoms with E-state index in [1.807, 2.05) is 0 Å². The molecule has 0 saturated heterocycles. The van der Waals surface area contributed by atoms with E-state index >= 15 is 0 Å². The summed E-state index contributed by atoms with van der Waals surface area (Å²) in [6, 6.07) is 6.71. The van der Waals surface area contributed by atoms with Crippen LogP contribution in [0.5, 0.6) is 0 Å². The number of hydrogen-bond donors (Lipinski definition) is 2. The summed E-state index contributed by atoms with van der Waals surface area (Å²) < 4.78 is 28.8. The van der Waals surface area contributed by atoms with Crippen LogP contribution in [0.15, 0.2) is 30.6 Å². The monoisotopic (exact) mass is 323 g/mol. The summed E-state index contributed by atoms with van der Waals surface area (Å²) >= 11 is 0. The zero-order chi connectivity index (χ0) is 15.6. The molecule has 3 rings (SSSR count). The molecule has 118 valence electrons. The van der Waals surface area contributed by atoms with Gasteiger partial charge in [0, 0.05) is 5.69 Å². The quantitative estimate of drug-likeness (QED) is 0.857. The maximum absolute atomic E-state index is 12.4. The van der Waals surface area contributed by atoms with E-state index in [1.54, 1.807) is 24.3 Å². The molecule has 2 N–H and O–H groups in total. The van der Waals surface area contributed by atoms with Crippen LogP contribution in [0.2, 0.25) is 0 Å². The molecule has 22 heavy (non-hydrogen) atoms. The summed E-state index contributed by atoms with van der Waals surface area (Å²) in [6.45, 7) is 0. The normalized spacial score (nSPS) is 22.4. The lowest BCUT2D eigenvalue weighted by atomic mass is 9.97. The van der Waals surface area contributed by atoms with Gasteiger partial charge in [-0.05, 0) is 47.5 Å². The lowest BCUT2D eigenvalue weighted by Gasteiger charge is -2.27. The summed E-state index contributed by atoms with van der Waals surface area (Å²) in [7, 11) is -3.60. The fraction of sp³-hybridized carbons (Fsp3) is 0.462. The van der Waals surface area contributed by atoms with E-state index in [1.165, 1.54) is 11.0 Å². The van der Waals surface area contributed by atoms with Gasteiger partial charge in [0.1, 0.15) is 11.6 Å². The number of nitrogens with one attached hydrogen (secondary N) is 1. The van der Waals surface area contributed by atoms with Crippen LogP contribution in [0, 0.1) is 0 Å². The molecule has 2 atom stereocenters. The van der Waals surface area contributed by atoms with Crippen molar-refractivity contribution in [1.29, 1.82) is 0 Å². The molecule has 8 nitrogen and oxygen atoms in total. The number of hydrogen-bond acceptors (Lipinski definition) is 6. The Kier molecular flexibility index (Phi) is 4.08. The van der Waals surface area contributed by atoms with Crippen molar-refractivity contribution in [2.75, 3.05) is 4.72 Å². The van der Waals surface area contributed by atoms with Gasteiger partial charge >= 0.3 is 0 Å². The Morgan fingerprint density at radius 1 is 1.18 bits per heavy atom. The molecule has 1 fully saturated rings. The Balaban J connectivity index is 1.75. The molecule has 0 unspecified atom stereocenters. The first-order valence-corrected chi connectivity index (χ1v) is 8.64. The van der Waals surface area contributed by atoms with Crippen molar-refractivity contribution in [2.24, 2.45) is 0 Å². The van der Waals surface area contributed by atoms with Crippen molar-refractivity contribution in [3.63, 3.8) is 0 Å². The summed E-state index contributed by atoms with van der Waals surface area (Å²) in [4.78, 5) is 0. The molecule has 9 heteroatoms. The molecule has 0 spiro atoms. The van der Waals surface area contributed by atoms with E-state index in [-0.39, 0.29) is 0 Å². The second-order valence-electron chi connectivity index (χ2n) is 5.34. The van der Waals surface area contributed by atoms with Crippen molar-refractivity contribution in [1.82, 2.24) is 20.2 Å². The van der Waals surface area contributed by atoms with Gasteiger partial charge in [-0.25, -0.2) is 13.1 Å². The lowest BCUT2D eigenvalue weighted by Crippen LogP contribution is -2.40. The Hall–Kier alpha value is -2.00. The van der Waals surface area contributed by atoms with Crippen LogP contribution in [0.1, 0.15) is 25.7 Å². The van der Waals surface area contributed by atoms with Gasteiger partial charge in [0.05, 0.1) is 11.8 Å². The maximum atomic E-state index is 12.4. The second-order valence-corrected chi connectivity index (χ2v) is 7.24. The molecular formula is C13H17N5O3S. The highest BCUT2D eigenvalue weighted by Crippen LogP contribution is 2.26. The lowest BCUT2D eigenvalue weighted by molar-refractivity contribution is 0.133. The average Bonchev–Trinajstić information content (AvgIpc) is 3.02. The molecule has 1 aromatic carbocycles. The number of aliphatic hydroxyl groups excluding tert-OH is 1. The highest BCUT2D eigenvalue weighted by atomic mass is 32.2. The number of aromatic nitrogens is 4. The van der Waals surface area contributed by atoms with Gasteiger partial charge in [-0.2, -0.15) is 0 Å². The standard InChI is InChI=1S/C13H17N5O3S/c19-12-3-1-2-4-13(12)22(20,21)15-10-5-7-11(8-6-10)18-9-14-16-17-18/h5-9,12-13,15,19H,1-4H2/t12-,13-/m0/s1. The molecule has 2 aromatic rings. The Morgan fingerprint density at radius 3 is 2.55 bits per heavy atom. The maximum Gasteiger partial charge on any atom is 0.238 e. The van der Waals surface area contributed by atoms with Crippen molar-refractivity contribution in [2.45, 2.75) is 37.0 Å². The molecule has 1 aromatic heterocycles. The molecule has 1 aliphatic carbocycles. The van der Waals surface area contributed by atoms with Gasteiger partial charge in [-0.3, -0.25) is 4.72 Å². The Morgan fingerprint density at radius 2 is 1.91 bits per heavy atom. The van der Waals surface area contributed by atoms with Gasteiger partial charge in [-0.15, -0.1) is 5.10 Å². The van der Waals surface area contributed by atoms with E-state index in [0.717, 1.165) is 18.5 Å². The summed E-state index contributed by atoms with van der Waals surface area (Å²) in [6.07, 6.45) is 3.36. The third kappa shape index (κ3) is 3.09. The molecular weight excluding hydrogens is 306 g/mol. The van der Waals surface area contributed by atoms with Gasteiger partial charge in [0.15, 0.2) is 0 Å². The zero-order valence-electron chi connectivity index (χ0n) is 11.8. The topological polar surface area (TPSA) is 110 Å². The first-order chi connectivity index (χ1) is 10.6. The van der Waals surface area contributed by atoms with Gasteiger partial charge < -0.3 is 5.11 Å². The third-order valence-electron chi connectivity index (χ3n) is 3.81. The van der Waals surface area contributed by atoms with Crippen molar-refractivity contribution >= 4 is 15.7 Å². The number of nitrogens with zero attached hydrogens (tertiary/aromatic N) is 4.